The predicted octanol–water partition coefficient (Wildman–Crippen LogP) is 3.24. The number of fused-ring (bicyclic) bond motifs is 1. The van der Waals surface area contributed by atoms with Crippen LogP contribution in [-0.4, -0.2) is 57.8 Å². The number of furan rings is 1. The second-order valence-electron chi connectivity index (χ2n) is 7.95. The molecule has 0 N–H and O–H groups in total. The van der Waals surface area contributed by atoms with Crippen molar-refractivity contribution in [3.63, 3.8) is 0 Å². The van der Waals surface area contributed by atoms with Gasteiger partial charge in [0.05, 0.1) is 18.2 Å². The summed E-state index contributed by atoms with van der Waals surface area (Å²) in [7, 11) is 0. The molecule has 9 heteroatoms. The maximum atomic E-state index is 5.65. The molecule has 0 saturated carbocycles. The highest BCUT2D eigenvalue weighted by molar-refractivity contribution is 5.76. The van der Waals surface area contributed by atoms with Crippen molar-refractivity contribution in [2.45, 2.75) is 6.54 Å². The fraction of sp³-hybridized carbons (Fsp3) is 0.250. The SMILES string of the molecule is c1coc(-c2nc(N3CCN(Cc4ccc5c(c4)OCO5)CC3)ncc2-c2cnccn2)c1. The van der Waals surface area contributed by atoms with Gasteiger partial charge in [0, 0.05) is 56.9 Å². The molecule has 4 aromatic rings. The summed E-state index contributed by atoms with van der Waals surface area (Å²) in [6.45, 7) is 4.68. The fourth-order valence-electron chi connectivity index (χ4n) is 4.16. The van der Waals surface area contributed by atoms with Gasteiger partial charge in [-0.25, -0.2) is 9.97 Å². The van der Waals surface area contributed by atoms with Crippen molar-refractivity contribution in [2.75, 3.05) is 37.9 Å². The van der Waals surface area contributed by atoms with Crippen LogP contribution >= 0.6 is 0 Å². The Kier molecular flexibility index (Phi) is 5.08. The van der Waals surface area contributed by atoms with E-state index >= 15 is 0 Å². The standard InChI is InChI=1S/C24H22N6O3/c1-2-21(31-11-1)23-18(19-14-25-5-6-26-19)13-27-24(28-23)30-9-7-29(8-10-30)15-17-3-4-20-22(12-17)33-16-32-20/h1-6,11-14H,7-10,15-16H2. The summed E-state index contributed by atoms with van der Waals surface area (Å²) >= 11 is 0. The first-order chi connectivity index (χ1) is 16.3. The van der Waals surface area contributed by atoms with Gasteiger partial charge in [0.15, 0.2) is 17.3 Å². The lowest BCUT2D eigenvalue weighted by atomic mass is 10.1. The van der Waals surface area contributed by atoms with Crippen molar-refractivity contribution in [3.8, 4) is 34.2 Å². The minimum atomic E-state index is 0.299. The summed E-state index contributed by atoms with van der Waals surface area (Å²) in [6, 6.07) is 9.90. The molecule has 3 aromatic heterocycles. The molecule has 0 unspecified atom stereocenters. The van der Waals surface area contributed by atoms with Crippen molar-refractivity contribution in [1.82, 2.24) is 24.8 Å². The van der Waals surface area contributed by atoms with E-state index in [2.05, 4.69) is 36.9 Å². The van der Waals surface area contributed by atoms with Gasteiger partial charge in [-0.05, 0) is 29.8 Å². The van der Waals surface area contributed by atoms with E-state index in [1.807, 2.05) is 24.4 Å². The Balaban J connectivity index is 1.18. The summed E-state index contributed by atoms with van der Waals surface area (Å²) < 4.78 is 16.6. The zero-order valence-corrected chi connectivity index (χ0v) is 17.9. The quantitative estimate of drug-likeness (QED) is 0.462. The van der Waals surface area contributed by atoms with Gasteiger partial charge in [0.1, 0.15) is 5.69 Å². The first-order valence-electron chi connectivity index (χ1n) is 10.9. The van der Waals surface area contributed by atoms with Crippen LogP contribution in [0.2, 0.25) is 0 Å². The van der Waals surface area contributed by atoms with Gasteiger partial charge in [0.2, 0.25) is 12.7 Å². The molecule has 0 spiro atoms. The highest BCUT2D eigenvalue weighted by Crippen LogP contribution is 2.33. The van der Waals surface area contributed by atoms with E-state index in [9.17, 15) is 0 Å². The second-order valence-corrected chi connectivity index (χ2v) is 7.95. The third-order valence-corrected chi connectivity index (χ3v) is 5.87. The molecule has 1 fully saturated rings. The van der Waals surface area contributed by atoms with Crippen LogP contribution in [-0.2, 0) is 6.54 Å². The zero-order valence-electron chi connectivity index (χ0n) is 17.9. The Morgan fingerprint density at radius 1 is 0.909 bits per heavy atom. The molecule has 0 radical (unpaired) electrons. The van der Waals surface area contributed by atoms with Crippen molar-refractivity contribution in [1.29, 1.82) is 0 Å². The van der Waals surface area contributed by atoms with Crippen molar-refractivity contribution in [2.24, 2.45) is 0 Å². The minimum absolute atomic E-state index is 0.299. The summed E-state index contributed by atoms with van der Waals surface area (Å²) in [5, 5.41) is 0. The van der Waals surface area contributed by atoms with E-state index in [0.29, 0.717) is 29.9 Å². The lowest BCUT2D eigenvalue weighted by Gasteiger charge is -2.34. The summed E-state index contributed by atoms with van der Waals surface area (Å²) in [5.41, 5.74) is 3.44. The summed E-state index contributed by atoms with van der Waals surface area (Å²) in [5.74, 6) is 3.02. The molecule has 6 rings (SSSR count). The molecule has 1 saturated heterocycles. The average molecular weight is 442 g/mol. The van der Waals surface area contributed by atoms with Gasteiger partial charge in [-0.15, -0.1) is 0 Å². The molecule has 9 nitrogen and oxygen atoms in total. The Labute approximate surface area is 190 Å². The van der Waals surface area contributed by atoms with Gasteiger partial charge in [-0.3, -0.25) is 14.9 Å². The van der Waals surface area contributed by atoms with Crippen LogP contribution in [0.15, 0.2) is 65.8 Å². The van der Waals surface area contributed by atoms with Gasteiger partial charge < -0.3 is 18.8 Å². The number of rotatable bonds is 5. The molecule has 0 bridgehead atoms. The number of nitrogens with zero attached hydrogens (tertiary/aromatic N) is 6. The number of benzene rings is 1. The molecule has 2 aliphatic rings. The third-order valence-electron chi connectivity index (χ3n) is 5.87. The van der Waals surface area contributed by atoms with E-state index in [4.69, 9.17) is 18.9 Å². The molecular weight excluding hydrogens is 420 g/mol. The Morgan fingerprint density at radius 3 is 2.64 bits per heavy atom. The van der Waals surface area contributed by atoms with E-state index in [0.717, 1.165) is 49.8 Å². The monoisotopic (exact) mass is 442 g/mol. The van der Waals surface area contributed by atoms with Crippen molar-refractivity contribution < 1.29 is 13.9 Å². The maximum absolute atomic E-state index is 5.65. The lowest BCUT2D eigenvalue weighted by Crippen LogP contribution is -2.46. The molecule has 166 valence electrons. The molecule has 2 aliphatic heterocycles. The van der Waals surface area contributed by atoms with Gasteiger partial charge in [0.25, 0.3) is 0 Å². The van der Waals surface area contributed by atoms with E-state index in [1.54, 1.807) is 24.9 Å². The normalized spacial score (nSPS) is 15.7. The Hall–Kier alpha value is -3.98. The molecule has 1 aromatic carbocycles. The zero-order chi connectivity index (χ0) is 22.0. The fourth-order valence-corrected chi connectivity index (χ4v) is 4.16. The largest absolute Gasteiger partial charge is 0.463 e. The highest BCUT2D eigenvalue weighted by atomic mass is 16.7. The number of hydrogen-bond acceptors (Lipinski definition) is 9. The van der Waals surface area contributed by atoms with Crippen LogP contribution in [0.1, 0.15) is 5.56 Å². The molecule has 0 amide bonds. The van der Waals surface area contributed by atoms with Crippen LogP contribution in [0.3, 0.4) is 0 Å². The second kappa shape index (κ2) is 8.51. The van der Waals surface area contributed by atoms with Gasteiger partial charge in [-0.2, -0.15) is 0 Å². The highest BCUT2D eigenvalue weighted by Gasteiger charge is 2.23. The van der Waals surface area contributed by atoms with Crippen LogP contribution in [0, 0.1) is 0 Å². The number of piperazine rings is 1. The molecule has 33 heavy (non-hydrogen) atoms. The van der Waals surface area contributed by atoms with Crippen LogP contribution in [0.25, 0.3) is 22.7 Å². The van der Waals surface area contributed by atoms with Crippen LogP contribution in [0.4, 0.5) is 5.95 Å². The van der Waals surface area contributed by atoms with Gasteiger partial charge in [-0.1, -0.05) is 6.07 Å². The van der Waals surface area contributed by atoms with E-state index in [1.165, 1.54) is 5.56 Å². The number of aromatic nitrogens is 4. The predicted molar refractivity (Wildman–Crippen MR) is 121 cm³/mol. The number of anilines is 1. The summed E-state index contributed by atoms with van der Waals surface area (Å²) in [6.07, 6.45) is 8.47. The molecule has 5 heterocycles. The topological polar surface area (TPSA) is 89.6 Å². The smallest absolute Gasteiger partial charge is 0.231 e. The first kappa shape index (κ1) is 19.7. The average Bonchev–Trinajstić information content (AvgIpc) is 3.57. The minimum Gasteiger partial charge on any atom is -0.463 e. The number of hydrogen-bond donors (Lipinski definition) is 0. The Morgan fingerprint density at radius 2 is 1.82 bits per heavy atom. The molecule has 0 atom stereocenters. The lowest BCUT2D eigenvalue weighted by molar-refractivity contribution is 0.174. The molecule has 0 aliphatic carbocycles. The maximum Gasteiger partial charge on any atom is 0.231 e. The van der Waals surface area contributed by atoms with E-state index < -0.39 is 0 Å². The van der Waals surface area contributed by atoms with Gasteiger partial charge >= 0.3 is 0 Å². The Bertz CT molecular complexity index is 1240. The third kappa shape index (κ3) is 3.98. The number of ether oxygens (including phenoxy) is 2. The summed E-state index contributed by atoms with van der Waals surface area (Å²) in [4.78, 5) is 22.7. The van der Waals surface area contributed by atoms with Crippen molar-refractivity contribution >= 4 is 5.95 Å². The first-order valence-corrected chi connectivity index (χ1v) is 10.9. The van der Waals surface area contributed by atoms with Crippen molar-refractivity contribution in [3.05, 3.63) is 66.9 Å². The molecular formula is C24H22N6O3. The van der Waals surface area contributed by atoms with E-state index in [-0.39, 0.29) is 0 Å². The van der Waals surface area contributed by atoms with Crippen LogP contribution < -0.4 is 14.4 Å². The van der Waals surface area contributed by atoms with Crippen LogP contribution in [0.5, 0.6) is 11.5 Å².